The van der Waals surface area contributed by atoms with Crippen molar-refractivity contribution >= 4 is 5.91 Å². The number of nitrogens with one attached hydrogen (secondary N) is 1. The Hall–Kier alpha value is -2.27. The molecule has 2 aromatic rings. The zero-order valence-corrected chi connectivity index (χ0v) is 9.97. The van der Waals surface area contributed by atoms with Crippen molar-refractivity contribution < 1.29 is 13.9 Å². The molecule has 0 saturated heterocycles. The summed E-state index contributed by atoms with van der Waals surface area (Å²) in [6.45, 7) is 2.23. The van der Waals surface area contributed by atoms with Gasteiger partial charge in [0.2, 0.25) is 0 Å². The van der Waals surface area contributed by atoms with Gasteiger partial charge in [-0.2, -0.15) is 0 Å². The average Bonchev–Trinajstić information content (AvgIpc) is 2.86. The van der Waals surface area contributed by atoms with E-state index in [1.54, 1.807) is 6.07 Å². The molecular weight excluding hydrogens is 232 g/mol. The summed E-state index contributed by atoms with van der Waals surface area (Å²) in [6, 6.07) is 9.29. The number of rotatable bonds is 4. The minimum Gasteiger partial charge on any atom is -0.485 e. The van der Waals surface area contributed by atoms with Gasteiger partial charge >= 0.3 is 0 Å². The van der Waals surface area contributed by atoms with Crippen LogP contribution in [0, 0.1) is 6.92 Å². The second-order valence-corrected chi connectivity index (χ2v) is 3.83. The highest BCUT2D eigenvalue weighted by Gasteiger charge is 2.09. The van der Waals surface area contributed by atoms with Crippen molar-refractivity contribution in [1.29, 1.82) is 0 Å². The highest BCUT2D eigenvalue weighted by molar-refractivity contribution is 5.93. The number of furan rings is 1. The lowest BCUT2D eigenvalue weighted by atomic mass is 10.2. The molecule has 3 N–H and O–H groups in total. The van der Waals surface area contributed by atoms with Gasteiger partial charge in [-0.1, -0.05) is 18.2 Å². The predicted molar refractivity (Wildman–Crippen MR) is 65.9 cm³/mol. The first-order chi connectivity index (χ1) is 8.70. The minimum atomic E-state index is -0.388. The fourth-order valence-corrected chi connectivity index (χ4v) is 1.53. The Kier molecular flexibility index (Phi) is 3.64. The monoisotopic (exact) mass is 246 g/mol. The number of benzene rings is 1. The number of hydrogen-bond acceptors (Lipinski definition) is 4. The van der Waals surface area contributed by atoms with Crippen LogP contribution in [-0.2, 0) is 6.61 Å². The van der Waals surface area contributed by atoms with E-state index in [9.17, 15) is 4.79 Å². The highest BCUT2D eigenvalue weighted by Crippen LogP contribution is 2.18. The van der Waals surface area contributed by atoms with Crippen LogP contribution in [0.5, 0.6) is 5.75 Å². The first-order valence-corrected chi connectivity index (χ1v) is 5.47. The maximum atomic E-state index is 11.2. The predicted octanol–water partition coefficient (Wildman–Crippen LogP) is 1.77. The Morgan fingerprint density at radius 3 is 2.94 bits per heavy atom. The number of carbonyl (C=O) groups is 1. The average molecular weight is 246 g/mol. The van der Waals surface area contributed by atoms with Crippen molar-refractivity contribution in [2.45, 2.75) is 13.5 Å². The number of hydrazine groups is 1. The third-order valence-electron chi connectivity index (χ3n) is 2.51. The third kappa shape index (κ3) is 2.70. The fraction of sp³-hybridized carbons (Fsp3) is 0.154. The van der Waals surface area contributed by atoms with Gasteiger partial charge in [-0.25, -0.2) is 5.84 Å². The number of nitrogen functional groups attached to an aromatic ring is 1. The van der Waals surface area contributed by atoms with E-state index in [1.165, 1.54) is 6.26 Å². The van der Waals surface area contributed by atoms with Gasteiger partial charge in [0.05, 0.1) is 5.56 Å². The molecular formula is C13H14N2O3. The molecule has 0 unspecified atom stereocenters. The molecule has 0 radical (unpaired) electrons. The smallest absolute Gasteiger partial charge is 0.268 e. The summed E-state index contributed by atoms with van der Waals surface area (Å²) >= 11 is 0. The summed E-state index contributed by atoms with van der Waals surface area (Å²) in [5.74, 6) is 5.99. The molecule has 0 aliphatic carbocycles. The number of amides is 1. The molecule has 0 fully saturated rings. The van der Waals surface area contributed by atoms with E-state index in [-0.39, 0.29) is 12.5 Å². The first kappa shape index (κ1) is 12.2. The largest absolute Gasteiger partial charge is 0.485 e. The number of aryl methyl sites for hydroxylation is 1. The van der Waals surface area contributed by atoms with E-state index in [2.05, 4.69) is 0 Å². The molecule has 18 heavy (non-hydrogen) atoms. The van der Waals surface area contributed by atoms with E-state index >= 15 is 0 Å². The standard InChI is InChI=1S/C13H14N2O3/c1-9-4-2-3-5-12(9)18-8-11-6-10(7-17-11)13(16)15-14/h2-7H,8,14H2,1H3,(H,15,16). The number of ether oxygens (including phenoxy) is 1. The van der Waals surface area contributed by atoms with Crippen molar-refractivity contribution in [2.75, 3.05) is 0 Å². The molecule has 0 bridgehead atoms. The lowest BCUT2D eigenvalue weighted by Gasteiger charge is -2.06. The number of nitrogens with two attached hydrogens (primary N) is 1. The van der Waals surface area contributed by atoms with Gasteiger partial charge in [0, 0.05) is 0 Å². The number of hydrogen-bond donors (Lipinski definition) is 2. The molecule has 0 saturated carbocycles. The molecule has 1 heterocycles. The summed E-state index contributed by atoms with van der Waals surface area (Å²) in [6.07, 6.45) is 1.35. The Morgan fingerprint density at radius 1 is 1.44 bits per heavy atom. The van der Waals surface area contributed by atoms with E-state index in [0.717, 1.165) is 11.3 Å². The molecule has 1 amide bonds. The number of para-hydroxylation sites is 1. The Balaban J connectivity index is 2.01. The maximum Gasteiger partial charge on any atom is 0.268 e. The quantitative estimate of drug-likeness (QED) is 0.489. The zero-order valence-electron chi connectivity index (χ0n) is 9.97. The van der Waals surface area contributed by atoms with Gasteiger partial charge in [-0.3, -0.25) is 10.2 Å². The molecule has 1 aromatic heterocycles. The van der Waals surface area contributed by atoms with Crippen LogP contribution < -0.4 is 16.0 Å². The number of carbonyl (C=O) groups excluding carboxylic acids is 1. The van der Waals surface area contributed by atoms with Crippen molar-refractivity contribution in [1.82, 2.24) is 5.43 Å². The van der Waals surface area contributed by atoms with E-state index in [0.29, 0.717) is 11.3 Å². The molecule has 0 atom stereocenters. The van der Waals surface area contributed by atoms with Gasteiger partial charge in [0.25, 0.3) is 5.91 Å². The van der Waals surface area contributed by atoms with E-state index < -0.39 is 0 Å². The Morgan fingerprint density at radius 2 is 2.22 bits per heavy atom. The van der Waals surface area contributed by atoms with Gasteiger partial charge in [-0.15, -0.1) is 0 Å². The van der Waals surface area contributed by atoms with Gasteiger partial charge in [0.1, 0.15) is 24.4 Å². The summed E-state index contributed by atoms with van der Waals surface area (Å²) in [5, 5.41) is 0. The second-order valence-electron chi connectivity index (χ2n) is 3.83. The fourth-order valence-electron chi connectivity index (χ4n) is 1.53. The Labute approximate surface area is 105 Å². The zero-order chi connectivity index (χ0) is 13.0. The highest BCUT2D eigenvalue weighted by atomic mass is 16.5. The van der Waals surface area contributed by atoms with E-state index in [4.69, 9.17) is 15.0 Å². The third-order valence-corrected chi connectivity index (χ3v) is 2.51. The lowest BCUT2D eigenvalue weighted by Crippen LogP contribution is -2.29. The molecule has 0 aliphatic rings. The molecule has 0 aliphatic heterocycles. The first-order valence-electron chi connectivity index (χ1n) is 5.47. The van der Waals surface area contributed by atoms with Crippen LogP contribution in [0.15, 0.2) is 41.0 Å². The molecule has 0 spiro atoms. The van der Waals surface area contributed by atoms with Gasteiger partial charge in [0.15, 0.2) is 0 Å². The van der Waals surface area contributed by atoms with Crippen LogP contribution in [0.25, 0.3) is 0 Å². The minimum absolute atomic E-state index is 0.267. The van der Waals surface area contributed by atoms with Crippen LogP contribution in [-0.4, -0.2) is 5.91 Å². The molecule has 5 nitrogen and oxygen atoms in total. The SMILES string of the molecule is Cc1ccccc1OCc1cc(C(=O)NN)co1. The van der Waals surface area contributed by atoms with Crippen molar-refractivity contribution in [2.24, 2.45) is 5.84 Å². The Bertz CT molecular complexity index is 549. The maximum absolute atomic E-state index is 11.2. The topological polar surface area (TPSA) is 77.5 Å². The normalized spacial score (nSPS) is 10.1. The van der Waals surface area contributed by atoms with Crippen LogP contribution in [0.4, 0.5) is 0 Å². The van der Waals surface area contributed by atoms with Gasteiger partial charge in [-0.05, 0) is 24.6 Å². The van der Waals surface area contributed by atoms with Crippen LogP contribution in [0.3, 0.4) is 0 Å². The summed E-state index contributed by atoms with van der Waals surface area (Å²) in [4.78, 5) is 11.2. The second kappa shape index (κ2) is 5.37. The summed E-state index contributed by atoms with van der Waals surface area (Å²) in [5.41, 5.74) is 3.46. The van der Waals surface area contributed by atoms with Crippen LogP contribution >= 0.6 is 0 Å². The van der Waals surface area contributed by atoms with Crippen LogP contribution in [0.2, 0.25) is 0 Å². The van der Waals surface area contributed by atoms with Crippen LogP contribution in [0.1, 0.15) is 21.7 Å². The van der Waals surface area contributed by atoms with Crippen molar-refractivity contribution in [3.63, 3.8) is 0 Å². The van der Waals surface area contributed by atoms with Crippen molar-refractivity contribution in [3.05, 3.63) is 53.5 Å². The molecule has 2 rings (SSSR count). The molecule has 5 heteroatoms. The molecule has 1 aromatic carbocycles. The summed E-state index contributed by atoms with van der Waals surface area (Å²) < 4.78 is 10.8. The van der Waals surface area contributed by atoms with Gasteiger partial charge < -0.3 is 9.15 Å². The van der Waals surface area contributed by atoms with E-state index in [1.807, 2.05) is 36.6 Å². The summed E-state index contributed by atoms with van der Waals surface area (Å²) in [7, 11) is 0. The lowest BCUT2D eigenvalue weighted by molar-refractivity contribution is 0.0953. The van der Waals surface area contributed by atoms with Crippen molar-refractivity contribution in [3.8, 4) is 5.75 Å². The molecule has 94 valence electrons.